The largest absolute Gasteiger partial charge is 0.493 e. The summed E-state index contributed by atoms with van der Waals surface area (Å²) in [5.74, 6) is 0.244. The zero-order valence-electron chi connectivity index (χ0n) is 14.1. The van der Waals surface area contributed by atoms with Crippen LogP contribution in [0.15, 0.2) is 44.6 Å². The summed E-state index contributed by atoms with van der Waals surface area (Å²) in [6, 6.07) is 5.31. The second kappa shape index (κ2) is 7.17. The SMILES string of the molecule is CSc1nc(N=Nc2c(O)n(C)c(=S)n(C)c2=O)n(-c2ccccn2)n1. The molecule has 0 aliphatic carbocycles. The Labute approximate surface area is 156 Å². The molecule has 0 saturated carbocycles. The highest BCUT2D eigenvalue weighted by Crippen LogP contribution is 2.25. The van der Waals surface area contributed by atoms with Gasteiger partial charge in [-0.3, -0.25) is 13.9 Å². The first-order valence-corrected chi connectivity index (χ1v) is 8.90. The predicted molar refractivity (Wildman–Crippen MR) is 98.3 cm³/mol. The average Bonchev–Trinajstić information content (AvgIpc) is 3.09. The second-order valence-electron chi connectivity index (χ2n) is 5.08. The van der Waals surface area contributed by atoms with Crippen LogP contribution in [0.5, 0.6) is 5.88 Å². The van der Waals surface area contributed by atoms with Gasteiger partial charge in [-0.1, -0.05) is 17.8 Å². The molecule has 0 atom stereocenters. The lowest BCUT2D eigenvalue weighted by Crippen LogP contribution is -2.20. The number of nitrogens with zero attached hydrogens (tertiary/aromatic N) is 8. The fourth-order valence-corrected chi connectivity index (χ4v) is 2.57. The van der Waals surface area contributed by atoms with Gasteiger partial charge in [0.2, 0.25) is 16.7 Å². The van der Waals surface area contributed by atoms with Gasteiger partial charge >= 0.3 is 0 Å². The minimum Gasteiger partial charge on any atom is -0.493 e. The molecule has 0 amide bonds. The molecule has 0 spiro atoms. The standard InChI is InChI=1S/C14H14N8O2S2/c1-20-10(23)9(11(24)21(2)14(20)25)17-18-12-16-13(26-3)19-22(12)8-6-4-5-7-15-8/h4-7,23H,1-3H3. The van der Waals surface area contributed by atoms with Crippen molar-refractivity contribution in [3.05, 3.63) is 39.5 Å². The Morgan fingerprint density at radius 1 is 1.23 bits per heavy atom. The number of thioether (sulfide) groups is 1. The Morgan fingerprint density at radius 3 is 2.65 bits per heavy atom. The van der Waals surface area contributed by atoms with Crippen LogP contribution in [0.1, 0.15) is 0 Å². The van der Waals surface area contributed by atoms with Crippen LogP contribution in [0, 0.1) is 4.77 Å². The Kier molecular flexibility index (Phi) is 4.95. The second-order valence-corrected chi connectivity index (χ2v) is 6.21. The van der Waals surface area contributed by atoms with Gasteiger partial charge in [-0.2, -0.15) is 9.67 Å². The maximum Gasteiger partial charge on any atom is 0.285 e. The molecule has 0 radical (unpaired) electrons. The zero-order valence-corrected chi connectivity index (χ0v) is 15.7. The van der Waals surface area contributed by atoms with Gasteiger partial charge in [0.15, 0.2) is 10.6 Å². The smallest absolute Gasteiger partial charge is 0.285 e. The fourth-order valence-electron chi connectivity index (χ4n) is 2.07. The van der Waals surface area contributed by atoms with E-state index in [4.69, 9.17) is 12.2 Å². The minimum absolute atomic E-state index is 0.125. The normalized spacial score (nSPS) is 11.3. The van der Waals surface area contributed by atoms with Gasteiger partial charge in [0.05, 0.1) is 0 Å². The van der Waals surface area contributed by atoms with Crippen molar-refractivity contribution in [1.82, 2.24) is 28.9 Å². The van der Waals surface area contributed by atoms with E-state index in [1.54, 1.807) is 24.4 Å². The van der Waals surface area contributed by atoms with Gasteiger partial charge in [0.1, 0.15) is 0 Å². The van der Waals surface area contributed by atoms with Gasteiger partial charge in [-0.15, -0.1) is 15.3 Å². The summed E-state index contributed by atoms with van der Waals surface area (Å²) in [5.41, 5.74) is -0.812. The molecule has 1 N–H and O–H groups in total. The van der Waals surface area contributed by atoms with Gasteiger partial charge in [0, 0.05) is 20.3 Å². The number of aromatic hydroxyl groups is 1. The molecule has 3 aromatic rings. The van der Waals surface area contributed by atoms with Gasteiger partial charge in [0.25, 0.3) is 11.5 Å². The first-order valence-electron chi connectivity index (χ1n) is 7.27. The van der Waals surface area contributed by atoms with Crippen LogP contribution in [-0.4, -0.2) is 40.2 Å². The van der Waals surface area contributed by atoms with Gasteiger partial charge in [-0.25, -0.2) is 4.98 Å². The summed E-state index contributed by atoms with van der Waals surface area (Å²) < 4.78 is 4.02. The van der Waals surface area contributed by atoms with Gasteiger partial charge in [-0.05, 0) is 30.6 Å². The van der Waals surface area contributed by atoms with Crippen molar-refractivity contribution in [2.75, 3.05) is 6.26 Å². The summed E-state index contributed by atoms with van der Waals surface area (Å²) in [6.45, 7) is 0. The van der Waals surface area contributed by atoms with Crippen LogP contribution in [0.3, 0.4) is 0 Å². The molecule has 3 aromatic heterocycles. The molecular formula is C14H14N8O2S2. The van der Waals surface area contributed by atoms with Gasteiger partial charge < -0.3 is 5.11 Å². The molecule has 0 aliphatic rings. The van der Waals surface area contributed by atoms with E-state index >= 15 is 0 Å². The molecule has 12 heteroatoms. The topological polar surface area (TPSA) is 115 Å². The highest BCUT2D eigenvalue weighted by Gasteiger charge is 2.15. The number of azo groups is 1. The summed E-state index contributed by atoms with van der Waals surface area (Å²) >= 11 is 6.39. The molecule has 26 heavy (non-hydrogen) atoms. The Balaban J connectivity index is 2.12. The average molecular weight is 390 g/mol. The van der Waals surface area contributed by atoms with E-state index < -0.39 is 5.56 Å². The number of aromatic nitrogens is 6. The molecule has 0 unspecified atom stereocenters. The van der Waals surface area contributed by atoms with Crippen molar-refractivity contribution < 1.29 is 5.11 Å². The summed E-state index contributed by atoms with van der Waals surface area (Å²) in [5, 5.41) is 22.8. The third-order valence-electron chi connectivity index (χ3n) is 3.47. The number of rotatable bonds is 4. The molecule has 0 aliphatic heterocycles. The first-order chi connectivity index (χ1) is 12.4. The Hall–Kier alpha value is -2.86. The number of pyridine rings is 1. The van der Waals surface area contributed by atoms with Crippen molar-refractivity contribution in [2.45, 2.75) is 5.16 Å². The van der Waals surface area contributed by atoms with E-state index in [1.165, 1.54) is 39.7 Å². The van der Waals surface area contributed by atoms with E-state index in [0.29, 0.717) is 11.0 Å². The minimum atomic E-state index is -0.566. The first kappa shape index (κ1) is 17.9. The van der Waals surface area contributed by atoms with Crippen molar-refractivity contribution in [3.8, 4) is 11.7 Å². The highest BCUT2D eigenvalue weighted by atomic mass is 32.2. The fraction of sp³-hybridized carbons (Fsp3) is 0.214. The molecule has 3 heterocycles. The van der Waals surface area contributed by atoms with E-state index in [9.17, 15) is 9.90 Å². The Bertz CT molecular complexity index is 1100. The molecular weight excluding hydrogens is 376 g/mol. The zero-order chi connectivity index (χ0) is 18.8. The molecule has 0 fully saturated rings. The van der Waals surface area contributed by atoms with Crippen LogP contribution >= 0.6 is 24.0 Å². The summed E-state index contributed by atoms with van der Waals surface area (Å²) in [7, 11) is 3.02. The maximum absolute atomic E-state index is 12.3. The lowest BCUT2D eigenvalue weighted by atomic mass is 10.5. The number of hydrogen-bond acceptors (Lipinski definition) is 9. The Morgan fingerprint density at radius 2 is 2.00 bits per heavy atom. The van der Waals surface area contributed by atoms with Crippen LogP contribution in [0.2, 0.25) is 0 Å². The molecule has 10 nitrogen and oxygen atoms in total. The maximum atomic E-state index is 12.3. The van der Waals surface area contributed by atoms with Crippen molar-refractivity contribution in [2.24, 2.45) is 24.3 Å². The van der Waals surface area contributed by atoms with E-state index in [-0.39, 0.29) is 22.3 Å². The van der Waals surface area contributed by atoms with Crippen molar-refractivity contribution >= 4 is 35.6 Å². The van der Waals surface area contributed by atoms with Crippen LogP contribution in [-0.2, 0) is 14.1 Å². The van der Waals surface area contributed by atoms with Crippen molar-refractivity contribution in [3.63, 3.8) is 0 Å². The van der Waals surface area contributed by atoms with Crippen LogP contribution < -0.4 is 5.56 Å². The summed E-state index contributed by atoms with van der Waals surface area (Å²) in [6.07, 6.45) is 3.43. The number of hydrogen-bond donors (Lipinski definition) is 1. The van der Waals surface area contributed by atoms with E-state index in [2.05, 4.69) is 25.3 Å². The highest BCUT2D eigenvalue weighted by molar-refractivity contribution is 7.98. The quantitative estimate of drug-likeness (QED) is 0.413. The monoisotopic (exact) mass is 390 g/mol. The lowest BCUT2D eigenvalue weighted by molar-refractivity contribution is 0.417. The van der Waals surface area contributed by atoms with Crippen LogP contribution in [0.25, 0.3) is 5.82 Å². The lowest BCUT2D eigenvalue weighted by Gasteiger charge is -2.08. The molecule has 3 rings (SSSR count). The summed E-state index contributed by atoms with van der Waals surface area (Å²) in [4.78, 5) is 20.8. The molecule has 0 bridgehead atoms. The van der Waals surface area contributed by atoms with Crippen LogP contribution in [0.4, 0.5) is 11.6 Å². The van der Waals surface area contributed by atoms with E-state index in [0.717, 1.165) is 0 Å². The van der Waals surface area contributed by atoms with E-state index in [1.807, 2.05) is 6.26 Å². The predicted octanol–water partition coefficient (Wildman–Crippen LogP) is 2.27. The van der Waals surface area contributed by atoms with Crippen molar-refractivity contribution in [1.29, 1.82) is 0 Å². The molecule has 0 saturated heterocycles. The molecule has 134 valence electrons. The third-order valence-corrected chi connectivity index (χ3v) is 4.56. The molecule has 0 aromatic carbocycles. The third kappa shape index (κ3) is 3.15.